The third kappa shape index (κ3) is 7.07. The van der Waals surface area contributed by atoms with Crippen LogP contribution >= 0.6 is 11.6 Å². The van der Waals surface area contributed by atoms with Crippen LogP contribution < -0.4 is 14.8 Å². The van der Waals surface area contributed by atoms with Crippen molar-refractivity contribution < 1.29 is 23.8 Å². The van der Waals surface area contributed by atoms with Gasteiger partial charge >= 0.3 is 6.09 Å². The average Bonchev–Trinajstić information content (AvgIpc) is 3.37. The molecular weight excluding hydrogens is 532 g/mol. The number of halogens is 1. The molecule has 1 aliphatic heterocycles. The van der Waals surface area contributed by atoms with E-state index in [2.05, 4.69) is 10.4 Å². The summed E-state index contributed by atoms with van der Waals surface area (Å²) in [5.74, 6) is 1.13. The fourth-order valence-electron chi connectivity index (χ4n) is 4.85. The Morgan fingerprint density at radius 2 is 1.77 bits per heavy atom. The van der Waals surface area contributed by atoms with Crippen LogP contribution in [0.25, 0.3) is 5.69 Å². The molecule has 40 heavy (non-hydrogen) atoms. The van der Waals surface area contributed by atoms with Crippen LogP contribution in [-0.4, -0.2) is 66.1 Å². The van der Waals surface area contributed by atoms with Gasteiger partial charge < -0.3 is 24.4 Å². The summed E-state index contributed by atoms with van der Waals surface area (Å²) in [5.41, 5.74) is 2.57. The number of carbonyl (C=O) groups is 2. The lowest BCUT2D eigenvalue weighted by Crippen LogP contribution is -2.41. The topological polar surface area (TPSA) is 94.9 Å². The first-order valence-corrected chi connectivity index (χ1v) is 13.8. The van der Waals surface area contributed by atoms with Gasteiger partial charge in [-0.1, -0.05) is 23.7 Å². The van der Waals surface area contributed by atoms with Crippen molar-refractivity contribution in [3.05, 3.63) is 70.5 Å². The second-order valence-electron chi connectivity index (χ2n) is 10.8. The number of nitrogens with one attached hydrogen (secondary N) is 1. The predicted molar refractivity (Wildman–Crippen MR) is 154 cm³/mol. The lowest BCUT2D eigenvalue weighted by Gasteiger charge is -2.34. The zero-order valence-electron chi connectivity index (χ0n) is 23.7. The summed E-state index contributed by atoms with van der Waals surface area (Å²) in [6.45, 7) is 7.07. The molecule has 2 heterocycles. The molecule has 1 N–H and O–H groups in total. The minimum atomic E-state index is -0.554. The number of nitrogens with zero attached hydrogens (tertiary/aromatic N) is 3. The van der Waals surface area contributed by atoms with E-state index in [1.54, 1.807) is 36.1 Å². The van der Waals surface area contributed by atoms with Crippen molar-refractivity contribution in [1.29, 1.82) is 0 Å². The molecule has 0 radical (unpaired) electrons. The molecule has 3 aromatic rings. The first kappa shape index (κ1) is 29.3. The van der Waals surface area contributed by atoms with E-state index in [4.69, 9.17) is 25.8 Å². The van der Waals surface area contributed by atoms with Crippen molar-refractivity contribution >= 4 is 23.6 Å². The predicted octanol–water partition coefficient (Wildman–Crippen LogP) is 5.63. The van der Waals surface area contributed by atoms with E-state index in [0.29, 0.717) is 61.0 Å². The summed E-state index contributed by atoms with van der Waals surface area (Å²) in [6.07, 6.45) is 3.28. The van der Waals surface area contributed by atoms with E-state index in [9.17, 15) is 9.59 Å². The quantitative estimate of drug-likeness (QED) is 0.378. The Labute approximate surface area is 240 Å². The van der Waals surface area contributed by atoms with Crippen molar-refractivity contribution in [2.75, 3.05) is 33.9 Å². The van der Waals surface area contributed by atoms with Crippen LogP contribution in [0.15, 0.2) is 48.7 Å². The number of ether oxygens (including phenoxy) is 3. The molecule has 9 nitrogen and oxygen atoms in total. The van der Waals surface area contributed by atoms with Crippen LogP contribution in [0.2, 0.25) is 5.02 Å². The van der Waals surface area contributed by atoms with Gasteiger partial charge in [-0.3, -0.25) is 4.79 Å². The summed E-state index contributed by atoms with van der Waals surface area (Å²) in [5, 5.41) is 8.23. The summed E-state index contributed by atoms with van der Waals surface area (Å²) in [7, 11) is 3.20. The fraction of sp³-hybridized carbons (Fsp3) is 0.433. The molecule has 1 saturated heterocycles. The van der Waals surface area contributed by atoms with Gasteiger partial charge in [0.2, 0.25) is 0 Å². The van der Waals surface area contributed by atoms with E-state index < -0.39 is 5.60 Å². The van der Waals surface area contributed by atoms with Gasteiger partial charge in [0, 0.05) is 30.6 Å². The molecule has 0 spiro atoms. The molecule has 1 fully saturated rings. The first-order chi connectivity index (χ1) is 19.1. The molecular formula is C30H37ClN4O5. The summed E-state index contributed by atoms with van der Waals surface area (Å²) < 4.78 is 18.0. The Morgan fingerprint density at radius 3 is 2.42 bits per heavy atom. The molecule has 0 aliphatic carbocycles. The molecule has 1 aliphatic rings. The van der Waals surface area contributed by atoms with E-state index in [-0.39, 0.29) is 17.9 Å². The number of hydrogen-bond donors (Lipinski definition) is 1. The third-order valence-corrected chi connectivity index (χ3v) is 7.02. The lowest BCUT2D eigenvalue weighted by molar-refractivity contribution is 0.0203. The van der Waals surface area contributed by atoms with Gasteiger partial charge in [0.15, 0.2) is 11.5 Å². The Hall–Kier alpha value is -3.72. The number of rotatable bonds is 8. The van der Waals surface area contributed by atoms with Crippen LogP contribution in [-0.2, 0) is 11.2 Å². The smallest absolute Gasteiger partial charge is 0.410 e. The normalized spacial score (nSPS) is 14.1. The van der Waals surface area contributed by atoms with Crippen molar-refractivity contribution in [2.24, 2.45) is 0 Å². The molecule has 1 aromatic heterocycles. The summed E-state index contributed by atoms with van der Waals surface area (Å²) >= 11 is 6.28. The van der Waals surface area contributed by atoms with Gasteiger partial charge in [-0.05, 0) is 75.9 Å². The fourth-order valence-corrected chi connectivity index (χ4v) is 5.04. The Balaban J connectivity index is 1.51. The Kier molecular flexibility index (Phi) is 9.25. The second kappa shape index (κ2) is 12.6. The van der Waals surface area contributed by atoms with Crippen LogP contribution in [0.4, 0.5) is 4.79 Å². The highest BCUT2D eigenvalue weighted by molar-refractivity contribution is 6.30. The zero-order valence-corrected chi connectivity index (χ0v) is 24.5. The number of aromatic nitrogens is 2. The SMILES string of the molecule is COc1ccc(CCNC(=O)c2cnn(-c3cccc(Cl)c3)c2C2CCN(C(=O)OC(C)(C)C)CC2)cc1OC. The molecule has 0 unspecified atom stereocenters. The van der Waals surface area contributed by atoms with E-state index >= 15 is 0 Å². The molecule has 214 valence electrons. The highest BCUT2D eigenvalue weighted by atomic mass is 35.5. The van der Waals surface area contributed by atoms with Crippen LogP contribution in [0.1, 0.15) is 61.1 Å². The minimum Gasteiger partial charge on any atom is -0.493 e. The van der Waals surface area contributed by atoms with Crippen molar-refractivity contribution in [3.8, 4) is 17.2 Å². The van der Waals surface area contributed by atoms with Crippen molar-refractivity contribution in [1.82, 2.24) is 20.0 Å². The molecule has 10 heteroatoms. The number of benzene rings is 2. The maximum atomic E-state index is 13.4. The number of amides is 2. The first-order valence-electron chi connectivity index (χ1n) is 13.4. The van der Waals surface area contributed by atoms with Crippen molar-refractivity contribution in [2.45, 2.75) is 51.6 Å². The highest BCUT2D eigenvalue weighted by Gasteiger charge is 2.32. The van der Waals surface area contributed by atoms with Gasteiger partial charge in [-0.15, -0.1) is 0 Å². The number of hydrogen-bond acceptors (Lipinski definition) is 6. The maximum Gasteiger partial charge on any atom is 0.410 e. The van der Waals surface area contributed by atoms with Gasteiger partial charge in [0.1, 0.15) is 5.60 Å². The third-order valence-electron chi connectivity index (χ3n) is 6.78. The van der Waals surface area contributed by atoms with E-state index in [1.807, 2.05) is 57.2 Å². The molecule has 2 amide bonds. The highest BCUT2D eigenvalue weighted by Crippen LogP contribution is 2.33. The Morgan fingerprint density at radius 1 is 1.05 bits per heavy atom. The number of carbonyl (C=O) groups excluding carboxylic acids is 2. The van der Waals surface area contributed by atoms with Crippen LogP contribution in [0.5, 0.6) is 11.5 Å². The molecule has 0 atom stereocenters. The average molecular weight is 569 g/mol. The molecule has 2 aromatic carbocycles. The Bertz CT molecular complexity index is 1340. The largest absolute Gasteiger partial charge is 0.493 e. The van der Waals surface area contributed by atoms with Crippen LogP contribution in [0, 0.1) is 0 Å². The van der Waals surface area contributed by atoms with E-state index in [0.717, 1.165) is 16.9 Å². The lowest BCUT2D eigenvalue weighted by atomic mass is 9.91. The number of piperidine rings is 1. The standard InChI is InChI=1S/C30H37ClN4O5/c1-30(2,3)40-29(37)34-15-12-21(13-16-34)27-24(19-33-35(27)23-8-6-7-22(31)18-23)28(36)32-14-11-20-9-10-25(38-4)26(17-20)39-5/h6-10,17-19,21H,11-16H2,1-5H3,(H,32,36). The summed E-state index contributed by atoms with van der Waals surface area (Å²) in [4.78, 5) is 27.8. The second-order valence-corrected chi connectivity index (χ2v) is 11.2. The van der Waals surface area contributed by atoms with Gasteiger partial charge in [0.25, 0.3) is 5.91 Å². The van der Waals surface area contributed by atoms with Gasteiger partial charge in [-0.25, -0.2) is 9.48 Å². The van der Waals surface area contributed by atoms with Crippen LogP contribution in [0.3, 0.4) is 0 Å². The zero-order chi connectivity index (χ0) is 28.9. The number of methoxy groups -OCH3 is 2. The van der Waals surface area contributed by atoms with Gasteiger partial charge in [-0.2, -0.15) is 5.10 Å². The minimum absolute atomic E-state index is 0.0202. The molecule has 0 saturated carbocycles. The molecule has 4 rings (SSSR count). The molecule has 0 bridgehead atoms. The maximum absolute atomic E-state index is 13.4. The number of likely N-dealkylation sites (tertiary alicyclic amines) is 1. The monoisotopic (exact) mass is 568 g/mol. The van der Waals surface area contributed by atoms with E-state index in [1.165, 1.54) is 0 Å². The summed E-state index contributed by atoms with van der Waals surface area (Å²) in [6, 6.07) is 13.1. The van der Waals surface area contributed by atoms with Crippen molar-refractivity contribution in [3.63, 3.8) is 0 Å². The van der Waals surface area contributed by atoms with Gasteiger partial charge in [0.05, 0.1) is 37.4 Å².